The SMILES string of the molecule is CNC(=O)c1nc2c(NCC3(C#N)CCN(C(=O)OC(C)(C)C)CC3)nc(-c3ccncc3)cn2c1C. The number of ether oxygens (including phenoxy) is 1. The van der Waals surface area contributed by atoms with Crippen LogP contribution >= 0.6 is 0 Å². The first kappa shape index (κ1) is 25.9. The lowest BCUT2D eigenvalue weighted by atomic mass is 9.80. The van der Waals surface area contributed by atoms with Crippen molar-refractivity contribution < 1.29 is 14.3 Å². The summed E-state index contributed by atoms with van der Waals surface area (Å²) < 4.78 is 7.32. The first-order chi connectivity index (χ1) is 17.6. The number of fused-ring (bicyclic) bond motifs is 1. The van der Waals surface area contributed by atoms with E-state index >= 15 is 0 Å². The van der Waals surface area contributed by atoms with Crippen LogP contribution in [0.25, 0.3) is 16.9 Å². The van der Waals surface area contributed by atoms with Crippen molar-refractivity contribution in [3.63, 3.8) is 0 Å². The summed E-state index contributed by atoms with van der Waals surface area (Å²) in [4.78, 5) is 40.0. The molecular formula is C26H32N8O3. The van der Waals surface area contributed by atoms with Crippen LogP contribution in [0.2, 0.25) is 0 Å². The molecule has 3 aromatic rings. The van der Waals surface area contributed by atoms with Gasteiger partial charge in [0, 0.05) is 50.8 Å². The van der Waals surface area contributed by atoms with E-state index in [2.05, 4.69) is 26.7 Å². The molecule has 1 aliphatic rings. The zero-order valence-electron chi connectivity index (χ0n) is 21.8. The smallest absolute Gasteiger partial charge is 0.410 e. The summed E-state index contributed by atoms with van der Waals surface area (Å²) in [6, 6.07) is 6.17. The number of imidazole rings is 1. The van der Waals surface area contributed by atoms with Crippen molar-refractivity contribution in [2.75, 3.05) is 32.0 Å². The molecular weight excluding hydrogens is 472 g/mol. The van der Waals surface area contributed by atoms with Crippen LogP contribution in [-0.4, -0.2) is 68.5 Å². The Morgan fingerprint density at radius 2 is 1.86 bits per heavy atom. The van der Waals surface area contributed by atoms with E-state index in [1.54, 1.807) is 24.3 Å². The van der Waals surface area contributed by atoms with E-state index in [0.29, 0.717) is 61.0 Å². The first-order valence-electron chi connectivity index (χ1n) is 12.2. The number of carbonyl (C=O) groups excluding carboxylic acids is 2. The summed E-state index contributed by atoms with van der Waals surface area (Å²) in [5, 5.41) is 16.1. The van der Waals surface area contributed by atoms with Gasteiger partial charge in [-0.25, -0.2) is 14.8 Å². The Morgan fingerprint density at radius 3 is 2.46 bits per heavy atom. The fraction of sp³-hybridized carbons (Fsp3) is 0.462. The number of hydrogen-bond acceptors (Lipinski definition) is 8. The molecule has 1 fully saturated rings. The molecule has 11 heteroatoms. The quantitative estimate of drug-likeness (QED) is 0.539. The molecule has 2 N–H and O–H groups in total. The van der Waals surface area contributed by atoms with Crippen LogP contribution in [0.3, 0.4) is 0 Å². The molecule has 0 atom stereocenters. The molecule has 37 heavy (non-hydrogen) atoms. The van der Waals surface area contributed by atoms with Crippen molar-refractivity contribution in [3.8, 4) is 17.3 Å². The van der Waals surface area contributed by atoms with Gasteiger partial charge in [0.1, 0.15) is 11.3 Å². The Kier molecular flexibility index (Phi) is 7.03. The third kappa shape index (κ3) is 5.48. The molecule has 0 aromatic carbocycles. The van der Waals surface area contributed by atoms with Gasteiger partial charge in [0.2, 0.25) is 0 Å². The number of nitriles is 1. The number of hydrogen-bond donors (Lipinski definition) is 2. The number of likely N-dealkylation sites (tertiary alicyclic amines) is 1. The molecule has 1 saturated heterocycles. The third-order valence-corrected chi connectivity index (χ3v) is 6.47. The predicted molar refractivity (Wildman–Crippen MR) is 138 cm³/mol. The van der Waals surface area contributed by atoms with Crippen molar-refractivity contribution >= 4 is 23.5 Å². The van der Waals surface area contributed by atoms with Crippen LogP contribution in [0, 0.1) is 23.7 Å². The van der Waals surface area contributed by atoms with Gasteiger partial charge < -0.3 is 20.3 Å². The fourth-order valence-electron chi connectivity index (χ4n) is 4.30. The van der Waals surface area contributed by atoms with Crippen molar-refractivity contribution in [2.24, 2.45) is 5.41 Å². The summed E-state index contributed by atoms with van der Waals surface area (Å²) in [5.41, 5.74) is 1.73. The lowest BCUT2D eigenvalue weighted by Crippen LogP contribution is -2.46. The van der Waals surface area contributed by atoms with Gasteiger partial charge in [-0.15, -0.1) is 0 Å². The van der Waals surface area contributed by atoms with Gasteiger partial charge in [0.15, 0.2) is 11.5 Å². The number of anilines is 1. The summed E-state index contributed by atoms with van der Waals surface area (Å²) in [7, 11) is 1.56. The topological polar surface area (TPSA) is 138 Å². The minimum atomic E-state index is -0.699. The van der Waals surface area contributed by atoms with Gasteiger partial charge in [0.05, 0.1) is 22.9 Å². The summed E-state index contributed by atoms with van der Waals surface area (Å²) >= 11 is 0. The zero-order chi connectivity index (χ0) is 26.8. The highest BCUT2D eigenvalue weighted by Crippen LogP contribution is 2.33. The minimum Gasteiger partial charge on any atom is -0.444 e. The molecule has 3 aromatic heterocycles. The van der Waals surface area contributed by atoms with E-state index in [0.717, 1.165) is 5.56 Å². The number of piperidine rings is 1. The Balaban J connectivity index is 1.61. The van der Waals surface area contributed by atoms with Crippen molar-refractivity contribution in [1.29, 1.82) is 5.26 Å². The van der Waals surface area contributed by atoms with Crippen molar-refractivity contribution in [3.05, 3.63) is 42.1 Å². The maximum Gasteiger partial charge on any atom is 0.410 e. The van der Waals surface area contributed by atoms with Gasteiger partial charge in [-0.1, -0.05) is 0 Å². The van der Waals surface area contributed by atoms with Crippen LogP contribution in [0.4, 0.5) is 10.6 Å². The van der Waals surface area contributed by atoms with E-state index in [-0.39, 0.29) is 12.0 Å². The van der Waals surface area contributed by atoms with E-state index in [1.165, 1.54) is 0 Å². The summed E-state index contributed by atoms with van der Waals surface area (Å²) in [5.74, 6) is 0.178. The molecule has 0 radical (unpaired) electrons. The normalized spacial score (nSPS) is 15.2. The molecule has 4 heterocycles. The van der Waals surface area contributed by atoms with Gasteiger partial charge in [-0.2, -0.15) is 5.26 Å². The second-order valence-electron chi connectivity index (χ2n) is 10.2. The van der Waals surface area contributed by atoms with Gasteiger partial charge >= 0.3 is 6.09 Å². The van der Waals surface area contributed by atoms with E-state index in [4.69, 9.17) is 9.72 Å². The Morgan fingerprint density at radius 1 is 1.19 bits per heavy atom. The second-order valence-corrected chi connectivity index (χ2v) is 10.2. The van der Waals surface area contributed by atoms with Crippen molar-refractivity contribution in [1.82, 2.24) is 29.6 Å². The summed E-state index contributed by atoms with van der Waals surface area (Å²) in [6.07, 6.45) is 5.84. The highest BCUT2D eigenvalue weighted by atomic mass is 16.6. The van der Waals surface area contributed by atoms with Crippen LogP contribution in [-0.2, 0) is 4.74 Å². The van der Waals surface area contributed by atoms with Crippen LogP contribution < -0.4 is 10.6 Å². The van der Waals surface area contributed by atoms with E-state index in [9.17, 15) is 14.9 Å². The molecule has 1 aliphatic heterocycles. The average Bonchev–Trinajstić information content (AvgIpc) is 3.23. The number of carbonyl (C=O) groups is 2. The Labute approximate surface area is 215 Å². The first-order valence-corrected chi connectivity index (χ1v) is 12.2. The van der Waals surface area contributed by atoms with Crippen LogP contribution in [0.15, 0.2) is 30.7 Å². The van der Waals surface area contributed by atoms with Gasteiger partial charge in [-0.05, 0) is 52.7 Å². The molecule has 0 unspecified atom stereocenters. The maximum atomic E-state index is 12.5. The number of amides is 2. The number of aromatic nitrogens is 4. The number of aryl methyl sites for hydroxylation is 1. The number of rotatable bonds is 5. The number of nitrogens with zero attached hydrogens (tertiary/aromatic N) is 6. The third-order valence-electron chi connectivity index (χ3n) is 6.47. The number of pyridine rings is 1. The Hall–Kier alpha value is -4.20. The minimum absolute atomic E-state index is 0.291. The second kappa shape index (κ2) is 10.0. The molecule has 194 valence electrons. The molecule has 0 saturated carbocycles. The zero-order valence-corrected chi connectivity index (χ0v) is 21.8. The van der Waals surface area contributed by atoms with Gasteiger partial charge in [0.25, 0.3) is 5.91 Å². The number of nitrogens with one attached hydrogen (secondary N) is 2. The largest absolute Gasteiger partial charge is 0.444 e. The standard InChI is InChI=1S/C26H32N8O3/c1-17-20(23(35)28-5)32-22-21(31-19(14-34(17)22)18-6-10-29-11-7-18)30-16-26(15-27)8-12-33(13-9-26)24(36)37-25(2,3)4/h6-7,10-11,14H,8-9,12-13,16H2,1-5H3,(H,28,35)(H,30,31). The molecule has 0 bridgehead atoms. The Bertz CT molecular complexity index is 1350. The summed E-state index contributed by atoms with van der Waals surface area (Å²) in [6.45, 7) is 8.49. The van der Waals surface area contributed by atoms with E-state index < -0.39 is 11.0 Å². The molecule has 0 aliphatic carbocycles. The van der Waals surface area contributed by atoms with Crippen LogP contribution in [0.1, 0.15) is 49.8 Å². The van der Waals surface area contributed by atoms with Gasteiger partial charge in [-0.3, -0.25) is 14.2 Å². The lowest BCUT2D eigenvalue weighted by Gasteiger charge is -2.37. The lowest BCUT2D eigenvalue weighted by molar-refractivity contribution is 0.0156. The predicted octanol–water partition coefficient (Wildman–Crippen LogP) is 3.41. The fourth-order valence-corrected chi connectivity index (χ4v) is 4.30. The van der Waals surface area contributed by atoms with Crippen LogP contribution in [0.5, 0.6) is 0 Å². The molecule has 0 spiro atoms. The maximum absolute atomic E-state index is 12.5. The monoisotopic (exact) mass is 504 g/mol. The van der Waals surface area contributed by atoms with E-state index in [1.807, 2.05) is 50.4 Å². The molecule has 4 rings (SSSR count). The molecule has 11 nitrogen and oxygen atoms in total. The van der Waals surface area contributed by atoms with Crippen molar-refractivity contribution in [2.45, 2.75) is 46.1 Å². The average molecular weight is 505 g/mol. The highest BCUT2D eigenvalue weighted by Gasteiger charge is 2.37. The highest BCUT2D eigenvalue weighted by molar-refractivity contribution is 5.94. The molecule has 2 amide bonds.